The highest BCUT2D eigenvalue weighted by molar-refractivity contribution is 7.98. The third-order valence-electron chi connectivity index (χ3n) is 2.25. The number of imide groups is 1. The van der Waals surface area contributed by atoms with Gasteiger partial charge in [-0.2, -0.15) is 11.8 Å². The van der Waals surface area contributed by atoms with Crippen LogP contribution in [0.2, 0.25) is 0 Å². The van der Waals surface area contributed by atoms with E-state index in [0.717, 1.165) is 5.75 Å². The molecule has 0 N–H and O–H groups in total. The second-order valence-corrected chi connectivity index (χ2v) is 4.68. The fraction of sp³-hybridized carbons (Fsp3) is 0.700. The molecule has 0 saturated carbocycles. The zero-order chi connectivity index (χ0) is 12.1. The van der Waals surface area contributed by atoms with Crippen LogP contribution in [0.1, 0.15) is 26.2 Å². The molecule has 2 amide bonds. The lowest BCUT2D eigenvalue weighted by Gasteiger charge is -2.12. The summed E-state index contributed by atoms with van der Waals surface area (Å²) in [6.07, 6.45) is 2.98. The highest BCUT2D eigenvalue weighted by Gasteiger charge is 2.38. The minimum absolute atomic E-state index is 0.122. The molecule has 1 saturated heterocycles. The van der Waals surface area contributed by atoms with Gasteiger partial charge in [0.15, 0.2) is 0 Å². The van der Waals surface area contributed by atoms with Crippen LogP contribution in [-0.2, 0) is 19.2 Å². The second-order valence-electron chi connectivity index (χ2n) is 3.69. The van der Waals surface area contributed by atoms with Gasteiger partial charge in [-0.25, -0.2) is 4.79 Å². The summed E-state index contributed by atoms with van der Waals surface area (Å²) in [5.74, 6) is -0.914. The summed E-state index contributed by atoms with van der Waals surface area (Å²) in [5.41, 5.74) is 0. The van der Waals surface area contributed by atoms with E-state index in [-0.39, 0.29) is 18.8 Å². The lowest BCUT2D eigenvalue weighted by Crippen LogP contribution is -2.33. The van der Waals surface area contributed by atoms with Crippen LogP contribution in [0, 0.1) is 5.92 Å². The van der Waals surface area contributed by atoms with Crippen molar-refractivity contribution in [3.05, 3.63) is 0 Å². The van der Waals surface area contributed by atoms with Gasteiger partial charge in [-0.15, -0.1) is 5.06 Å². The molecule has 1 heterocycles. The fourth-order valence-corrected chi connectivity index (χ4v) is 1.79. The van der Waals surface area contributed by atoms with E-state index in [0.29, 0.717) is 11.5 Å². The van der Waals surface area contributed by atoms with Crippen molar-refractivity contribution < 1.29 is 19.2 Å². The third-order valence-corrected chi connectivity index (χ3v) is 2.95. The lowest BCUT2D eigenvalue weighted by atomic mass is 10.1. The highest BCUT2D eigenvalue weighted by Crippen LogP contribution is 2.19. The number of carbonyl (C=O) groups is 3. The monoisotopic (exact) mass is 245 g/mol. The third kappa shape index (κ3) is 3.23. The first kappa shape index (κ1) is 13.0. The topological polar surface area (TPSA) is 63.7 Å². The van der Waals surface area contributed by atoms with Gasteiger partial charge in [0, 0.05) is 18.8 Å². The van der Waals surface area contributed by atoms with Crippen LogP contribution in [0.3, 0.4) is 0 Å². The summed E-state index contributed by atoms with van der Waals surface area (Å²) in [6, 6.07) is 0. The number of rotatable bonds is 5. The first-order valence-electron chi connectivity index (χ1n) is 5.12. The molecule has 1 aliphatic rings. The van der Waals surface area contributed by atoms with Gasteiger partial charge < -0.3 is 4.84 Å². The maximum atomic E-state index is 11.4. The number of nitrogens with zero attached hydrogens (tertiary/aromatic N) is 1. The Hall–Kier alpha value is -1.04. The van der Waals surface area contributed by atoms with Gasteiger partial charge in [-0.05, 0) is 18.4 Å². The quantitative estimate of drug-likeness (QED) is 0.533. The van der Waals surface area contributed by atoms with Crippen LogP contribution in [0.5, 0.6) is 0 Å². The molecule has 0 bridgehead atoms. The van der Waals surface area contributed by atoms with Crippen molar-refractivity contribution in [1.29, 1.82) is 0 Å². The molecule has 5 nitrogen and oxygen atoms in total. The zero-order valence-corrected chi connectivity index (χ0v) is 10.2. The molecule has 0 aromatic rings. The highest BCUT2D eigenvalue weighted by atomic mass is 32.2. The van der Waals surface area contributed by atoms with E-state index in [9.17, 15) is 14.4 Å². The first-order valence-corrected chi connectivity index (χ1v) is 6.52. The molecule has 0 aromatic heterocycles. The molecular weight excluding hydrogens is 230 g/mol. The maximum Gasteiger partial charge on any atom is 0.333 e. The van der Waals surface area contributed by atoms with Crippen molar-refractivity contribution in [2.75, 3.05) is 12.0 Å². The number of hydrogen-bond donors (Lipinski definition) is 0. The smallest absolute Gasteiger partial charge is 0.330 e. The van der Waals surface area contributed by atoms with Crippen molar-refractivity contribution in [2.24, 2.45) is 5.92 Å². The van der Waals surface area contributed by atoms with Gasteiger partial charge in [0.05, 0.1) is 0 Å². The summed E-state index contributed by atoms with van der Waals surface area (Å²) < 4.78 is 0. The van der Waals surface area contributed by atoms with E-state index in [2.05, 4.69) is 0 Å². The molecule has 1 unspecified atom stereocenters. The molecule has 1 fully saturated rings. The molecule has 1 rings (SSSR count). The first-order chi connectivity index (χ1) is 7.56. The van der Waals surface area contributed by atoms with E-state index < -0.39 is 17.8 Å². The number of amides is 2. The molecule has 1 atom stereocenters. The normalized spacial score (nSPS) is 20.4. The maximum absolute atomic E-state index is 11.4. The van der Waals surface area contributed by atoms with Gasteiger partial charge in [-0.1, -0.05) is 6.92 Å². The van der Waals surface area contributed by atoms with E-state index in [1.807, 2.05) is 6.26 Å². The van der Waals surface area contributed by atoms with Gasteiger partial charge in [0.1, 0.15) is 0 Å². The standard InChI is InChI=1S/C10H15NO4S/c1-7-6-8(12)11(10(7)14)15-9(13)4-3-5-16-2/h7H,3-6H2,1-2H3. The number of thioether (sulfide) groups is 1. The minimum Gasteiger partial charge on any atom is -0.330 e. The van der Waals surface area contributed by atoms with Crippen molar-refractivity contribution in [3.63, 3.8) is 0 Å². The van der Waals surface area contributed by atoms with E-state index >= 15 is 0 Å². The Bertz CT molecular complexity index is 305. The van der Waals surface area contributed by atoms with Gasteiger partial charge in [-0.3, -0.25) is 9.59 Å². The average Bonchev–Trinajstić information content (AvgIpc) is 2.46. The van der Waals surface area contributed by atoms with Gasteiger partial charge >= 0.3 is 5.97 Å². The Morgan fingerprint density at radius 3 is 2.75 bits per heavy atom. The second kappa shape index (κ2) is 5.89. The van der Waals surface area contributed by atoms with Gasteiger partial charge in [0.25, 0.3) is 11.8 Å². The molecule has 90 valence electrons. The molecule has 0 aliphatic carbocycles. The SMILES string of the molecule is CSCCCC(=O)ON1C(=O)CC(C)C1=O. The summed E-state index contributed by atoms with van der Waals surface area (Å²) in [5, 5.41) is 0.603. The van der Waals surface area contributed by atoms with Gasteiger partial charge in [0.2, 0.25) is 0 Å². The Morgan fingerprint density at radius 1 is 1.56 bits per heavy atom. The van der Waals surface area contributed by atoms with Crippen molar-refractivity contribution in [3.8, 4) is 0 Å². The molecule has 6 heteroatoms. The average molecular weight is 245 g/mol. The Kier molecular flexibility index (Phi) is 4.79. The molecule has 1 aliphatic heterocycles. The summed E-state index contributed by atoms with van der Waals surface area (Å²) >= 11 is 1.63. The zero-order valence-electron chi connectivity index (χ0n) is 9.39. The largest absolute Gasteiger partial charge is 0.333 e. The van der Waals surface area contributed by atoms with Crippen molar-refractivity contribution >= 4 is 29.5 Å². The Labute approximate surface area is 98.5 Å². The van der Waals surface area contributed by atoms with Crippen LogP contribution in [0.4, 0.5) is 0 Å². The van der Waals surface area contributed by atoms with Crippen molar-refractivity contribution in [1.82, 2.24) is 5.06 Å². The number of hydrogen-bond acceptors (Lipinski definition) is 5. The summed E-state index contributed by atoms with van der Waals surface area (Å²) in [7, 11) is 0. The van der Waals surface area contributed by atoms with E-state index in [1.165, 1.54) is 0 Å². The molecule has 0 spiro atoms. The Morgan fingerprint density at radius 2 is 2.25 bits per heavy atom. The number of hydroxylamine groups is 2. The fourth-order valence-electron chi connectivity index (χ4n) is 1.36. The Balaban J connectivity index is 2.39. The lowest BCUT2D eigenvalue weighted by molar-refractivity contribution is -0.198. The van der Waals surface area contributed by atoms with Crippen LogP contribution in [0.25, 0.3) is 0 Å². The molecular formula is C10H15NO4S. The minimum atomic E-state index is -0.523. The number of carbonyl (C=O) groups excluding carboxylic acids is 3. The summed E-state index contributed by atoms with van der Waals surface area (Å²) in [6.45, 7) is 1.64. The molecule has 0 radical (unpaired) electrons. The predicted octanol–water partition coefficient (Wildman–Crippen LogP) is 0.983. The van der Waals surface area contributed by atoms with Crippen LogP contribution in [0.15, 0.2) is 0 Å². The van der Waals surface area contributed by atoms with E-state index in [1.54, 1.807) is 18.7 Å². The van der Waals surface area contributed by atoms with Crippen molar-refractivity contribution in [2.45, 2.75) is 26.2 Å². The summed E-state index contributed by atoms with van der Waals surface area (Å²) in [4.78, 5) is 38.7. The molecule has 0 aromatic carbocycles. The van der Waals surface area contributed by atoms with Crippen LogP contribution < -0.4 is 0 Å². The molecule has 16 heavy (non-hydrogen) atoms. The van der Waals surface area contributed by atoms with Crippen LogP contribution >= 0.6 is 11.8 Å². The van der Waals surface area contributed by atoms with E-state index in [4.69, 9.17) is 4.84 Å². The predicted molar refractivity (Wildman–Crippen MR) is 59.3 cm³/mol. The van der Waals surface area contributed by atoms with Crippen LogP contribution in [-0.4, -0.2) is 34.9 Å².